The summed E-state index contributed by atoms with van der Waals surface area (Å²) in [6.45, 7) is 2.17. The first kappa shape index (κ1) is 19.2. The largest absolute Gasteiger partial charge is 0.435 e. The van der Waals surface area contributed by atoms with Crippen LogP contribution in [0.3, 0.4) is 0 Å². The van der Waals surface area contributed by atoms with Crippen molar-refractivity contribution in [1.29, 1.82) is 0 Å². The molecule has 0 bridgehead atoms. The number of hydrogen-bond acceptors (Lipinski definition) is 4. The number of oxazole rings is 1. The van der Waals surface area contributed by atoms with E-state index in [9.17, 15) is 0 Å². The number of pyridine rings is 1. The molecule has 148 valence electrons. The van der Waals surface area contributed by atoms with Crippen LogP contribution in [-0.2, 0) is 0 Å². The Hall–Kier alpha value is -3.18. The third-order valence-corrected chi connectivity index (χ3v) is 4.88. The number of rotatable bonds is 6. The third-order valence-electron chi connectivity index (χ3n) is 4.88. The van der Waals surface area contributed by atoms with E-state index in [2.05, 4.69) is 78.6 Å². The van der Waals surface area contributed by atoms with E-state index in [0.29, 0.717) is 17.1 Å². The Morgan fingerprint density at radius 2 is 1.97 bits per heavy atom. The Morgan fingerprint density at radius 3 is 2.79 bits per heavy atom. The molecule has 0 amide bonds. The van der Waals surface area contributed by atoms with Crippen LogP contribution in [0.5, 0.6) is 0 Å². The fourth-order valence-corrected chi connectivity index (χ4v) is 3.46. The standard InChI is InChI=1S/C24H27N4O/c1-28(2,3)18-8-16-27-17-14-19(20-10-4-5-11-21(20)27)9-6-13-23-26-24-22(29-23)12-7-15-25-24/h4-7,9-15,17H,8,16,18H2,1-3H3/q+1. The fourth-order valence-electron chi connectivity index (χ4n) is 3.46. The zero-order valence-corrected chi connectivity index (χ0v) is 17.2. The lowest BCUT2D eigenvalue weighted by atomic mass is 9.99. The van der Waals surface area contributed by atoms with E-state index in [1.807, 2.05) is 24.3 Å². The molecule has 0 spiro atoms. The quantitative estimate of drug-likeness (QED) is 0.573. The van der Waals surface area contributed by atoms with Crippen molar-refractivity contribution >= 4 is 28.6 Å². The van der Waals surface area contributed by atoms with Crippen LogP contribution in [0.1, 0.15) is 17.9 Å². The smallest absolute Gasteiger partial charge is 0.221 e. The summed E-state index contributed by atoms with van der Waals surface area (Å²) < 4.78 is 6.68. The van der Waals surface area contributed by atoms with Crippen LogP contribution in [0.25, 0.3) is 22.9 Å². The normalized spacial score (nSPS) is 15.6. The van der Waals surface area contributed by atoms with Crippen molar-refractivity contribution in [3.8, 4) is 0 Å². The van der Waals surface area contributed by atoms with Gasteiger partial charge in [0.15, 0.2) is 11.2 Å². The van der Waals surface area contributed by atoms with Crippen LogP contribution in [0.15, 0.2) is 71.4 Å². The number of nitrogens with zero attached hydrogens (tertiary/aromatic N) is 4. The van der Waals surface area contributed by atoms with Gasteiger partial charge in [-0.1, -0.05) is 30.4 Å². The summed E-state index contributed by atoms with van der Waals surface area (Å²) in [7, 11) is 6.71. The highest BCUT2D eigenvalue weighted by atomic mass is 16.3. The van der Waals surface area contributed by atoms with Crippen LogP contribution in [0.4, 0.5) is 5.69 Å². The van der Waals surface area contributed by atoms with Gasteiger partial charge in [0.2, 0.25) is 5.89 Å². The predicted octanol–water partition coefficient (Wildman–Crippen LogP) is 4.75. The lowest BCUT2D eigenvalue weighted by Crippen LogP contribution is -2.37. The van der Waals surface area contributed by atoms with Gasteiger partial charge in [-0.25, -0.2) is 4.98 Å². The minimum absolute atomic E-state index is 0.561. The van der Waals surface area contributed by atoms with Gasteiger partial charge >= 0.3 is 0 Å². The van der Waals surface area contributed by atoms with Gasteiger partial charge < -0.3 is 13.8 Å². The molecule has 0 N–H and O–H groups in total. The van der Waals surface area contributed by atoms with E-state index in [4.69, 9.17) is 4.42 Å². The zero-order chi connectivity index (χ0) is 20.3. The molecule has 0 atom stereocenters. The van der Waals surface area contributed by atoms with Gasteiger partial charge in [-0.15, -0.1) is 0 Å². The average Bonchev–Trinajstić information content (AvgIpc) is 3.11. The third kappa shape index (κ3) is 4.63. The SMILES string of the molecule is C[N+](C)(C)CCCN1C=CC(=CC=Cc2nc3ncccc3o2)c2ccccc21. The summed E-state index contributed by atoms with van der Waals surface area (Å²) >= 11 is 0. The van der Waals surface area contributed by atoms with E-state index in [-0.39, 0.29) is 0 Å². The first-order valence-corrected chi connectivity index (χ1v) is 9.94. The second-order valence-corrected chi connectivity index (χ2v) is 8.25. The molecule has 0 fully saturated rings. The molecule has 1 aliphatic heterocycles. The Kier molecular flexibility index (Phi) is 5.32. The molecular formula is C24H27N4O+. The fraction of sp³-hybridized carbons (Fsp3) is 0.250. The van der Waals surface area contributed by atoms with Crippen molar-refractivity contribution in [3.63, 3.8) is 0 Å². The molecule has 5 nitrogen and oxygen atoms in total. The Labute approximate surface area is 171 Å². The van der Waals surface area contributed by atoms with Crippen molar-refractivity contribution in [2.45, 2.75) is 6.42 Å². The molecule has 0 unspecified atom stereocenters. The van der Waals surface area contributed by atoms with Gasteiger partial charge in [-0.05, 0) is 29.8 Å². The number of fused-ring (bicyclic) bond motifs is 2. The average molecular weight is 388 g/mol. The highest BCUT2D eigenvalue weighted by Gasteiger charge is 2.16. The number of benzene rings is 1. The maximum atomic E-state index is 5.70. The van der Waals surface area contributed by atoms with Crippen molar-refractivity contribution in [3.05, 3.63) is 78.5 Å². The first-order chi connectivity index (χ1) is 14.0. The molecule has 1 aromatic carbocycles. The van der Waals surface area contributed by atoms with E-state index in [1.54, 1.807) is 6.20 Å². The first-order valence-electron chi connectivity index (χ1n) is 9.94. The Bertz CT molecular complexity index is 1050. The topological polar surface area (TPSA) is 42.2 Å². The van der Waals surface area contributed by atoms with Crippen molar-refractivity contribution < 1.29 is 8.90 Å². The summed E-state index contributed by atoms with van der Waals surface area (Å²) in [5.74, 6) is 0.561. The summed E-state index contributed by atoms with van der Waals surface area (Å²) in [5, 5.41) is 0. The van der Waals surface area contributed by atoms with E-state index in [1.165, 1.54) is 16.8 Å². The maximum Gasteiger partial charge on any atom is 0.221 e. The molecule has 1 aliphatic rings. The monoisotopic (exact) mass is 387 g/mol. The van der Waals surface area contributed by atoms with E-state index in [0.717, 1.165) is 24.0 Å². The molecule has 29 heavy (non-hydrogen) atoms. The molecule has 0 radical (unpaired) electrons. The van der Waals surface area contributed by atoms with Crippen LogP contribution < -0.4 is 4.90 Å². The van der Waals surface area contributed by atoms with Crippen LogP contribution in [0, 0.1) is 0 Å². The number of anilines is 1. The predicted molar refractivity (Wildman–Crippen MR) is 119 cm³/mol. The lowest BCUT2D eigenvalue weighted by molar-refractivity contribution is -0.870. The molecular weight excluding hydrogens is 360 g/mol. The summed E-state index contributed by atoms with van der Waals surface area (Å²) in [5.41, 5.74) is 5.00. The summed E-state index contributed by atoms with van der Waals surface area (Å²) in [6, 6.07) is 12.3. The number of quaternary nitrogens is 1. The molecule has 3 heterocycles. The van der Waals surface area contributed by atoms with Gasteiger partial charge in [0.25, 0.3) is 0 Å². The van der Waals surface area contributed by atoms with Gasteiger partial charge in [-0.3, -0.25) is 0 Å². The second-order valence-electron chi connectivity index (χ2n) is 8.25. The number of hydrogen-bond donors (Lipinski definition) is 0. The summed E-state index contributed by atoms with van der Waals surface area (Å²) in [6.07, 6.45) is 13.2. The van der Waals surface area contributed by atoms with Gasteiger partial charge in [0.05, 0.1) is 27.7 Å². The maximum absolute atomic E-state index is 5.70. The molecule has 5 heteroatoms. The Morgan fingerprint density at radius 1 is 1.10 bits per heavy atom. The van der Waals surface area contributed by atoms with Gasteiger partial charge in [0.1, 0.15) is 0 Å². The van der Waals surface area contributed by atoms with Crippen LogP contribution in [-0.4, -0.2) is 48.7 Å². The van der Waals surface area contributed by atoms with Gasteiger partial charge in [-0.2, -0.15) is 4.98 Å². The minimum atomic E-state index is 0.561. The molecule has 2 aromatic heterocycles. The van der Waals surface area contributed by atoms with Crippen LogP contribution >= 0.6 is 0 Å². The zero-order valence-electron chi connectivity index (χ0n) is 17.2. The Balaban J connectivity index is 1.51. The molecule has 0 aliphatic carbocycles. The number of para-hydroxylation sites is 1. The molecule has 4 rings (SSSR count). The molecule has 0 saturated heterocycles. The van der Waals surface area contributed by atoms with Crippen LogP contribution in [0.2, 0.25) is 0 Å². The van der Waals surface area contributed by atoms with Crippen molar-refractivity contribution in [2.75, 3.05) is 39.1 Å². The molecule has 3 aromatic rings. The van der Waals surface area contributed by atoms with Gasteiger partial charge in [0, 0.05) is 42.7 Å². The molecule has 0 saturated carbocycles. The number of allylic oxidation sites excluding steroid dienone is 4. The van der Waals surface area contributed by atoms with E-state index < -0.39 is 0 Å². The highest BCUT2D eigenvalue weighted by Crippen LogP contribution is 2.32. The highest BCUT2D eigenvalue weighted by molar-refractivity contribution is 5.87. The van der Waals surface area contributed by atoms with Crippen molar-refractivity contribution in [2.24, 2.45) is 0 Å². The minimum Gasteiger partial charge on any atom is -0.435 e. The number of aromatic nitrogens is 2. The van der Waals surface area contributed by atoms with E-state index >= 15 is 0 Å². The summed E-state index contributed by atoms with van der Waals surface area (Å²) in [4.78, 5) is 10.9. The van der Waals surface area contributed by atoms with Crippen molar-refractivity contribution in [1.82, 2.24) is 9.97 Å². The lowest BCUT2D eigenvalue weighted by Gasteiger charge is -2.29. The second kappa shape index (κ2) is 8.05.